The lowest BCUT2D eigenvalue weighted by atomic mass is 10.1. The maximum atomic E-state index is 12.0. The number of carboxylic acids is 1. The maximum Gasteiger partial charge on any atom is 0.325 e. The molecule has 3 N–H and O–H groups in total. The van der Waals surface area contributed by atoms with Crippen LogP contribution in [0.3, 0.4) is 0 Å². The number of ether oxygens (including phenoxy) is 2. The second kappa shape index (κ2) is 8.76. The Kier molecular flexibility index (Phi) is 7.03. The molecule has 0 heterocycles. The third-order valence-corrected chi connectivity index (χ3v) is 2.95. The van der Waals surface area contributed by atoms with E-state index in [0.29, 0.717) is 5.75 Å². The number of carbonyl (C=O) groups excluding carboxylic acids is 2. The number of nitrogens with one attached hydrogen (secondary N) is 2. The predicted molar refractivity (Wildman–Crippen MR) is 86.3 cm³/mol. The minimum Gasteiger partial charge on any atom is -0.493 e. The van der Waals surface area contributed by atoms with Gasteiger partial charge in [0.2, 0.25) is 0 Å². The highest BCUT2D eigenvalue weighted by Crippen LogP contribution is 2.28. The molecule has 0 aliphatic rings. The van der Waals surface area contributed by atoms with Crippen molar-refractivity contribution in [2.75, 3.05) is 13.7 Å². The lowest BCUT2D eigenvalue weighted by Crippen LogP contribution is -2.38. The van der Waals surface area contributed by atoms with Crippen LogP contribution in [0.15, 0.2) is 18.2 Å². The number of benzene rings is 1. The van der Waals surface area contributed by atoms with Crippen LogP contribution in [-0.2, 0) is 9.59 Å². The number of hydrogen-bond acceptors (Lipinski definition) is 5. The lowest BCUT2D eigenvalue weighted by molar-refractivity contribution is -0.138. The first-order valence-corrected chi connectivity index (χ1v) is 7.38. The van der Waals surface area contributed by atoms with E-state index in [1.807, 2.05) is 13.8 Å². The van der Waals surface area contributed by atoms with Gasteiger partial charge in [-0.05, 0) is 39.0 Å². The quantitative estimate of drug-likeness (QED) is 0.646. The van der Waals surface area contributed by atoms with Crippen molar-refractivity contribution in [2.24, 2.45) is 0 Å². The molecule has 8 nitrogen and oxygen atoms in total. The first-order chi connectivity index (χ1) is 11.2. The van der Waals surface area contributed by atoms with Crippen LogP contribution in [0.25, 0.3) is 0 Å². The van der Waals surface area contributed by atoms with Gasteiger partial charge in [-0.1, -0.05) is 0 Å². The van der Waals surface area contributed by atoms with Gasteiger partial charge in [0, 0.05) is 11.6 Å². The van der Waals surface area contributed by atoms with E-state index in [1.165, 1.54) is 32.2 Å². The number of hydrogen-bond donors (Lipinski definition) is 3. The number of rotatable bonds is 8. The van der Waals surface area contributed by atoms with Crippen LogP contribution >= 0.6 is 0 Å². The van der Waals surface area contributed by atoms with E-state index in [-0.39, 0.29) is 29.9 Å². The van der Waals surface area contributed by atoms with Gasteiger partial charge in [-0.3, -0.25) is 14.4 Å². The van der Waals surface area contributed by atoms with Crippen LogP contribution in [0.2, 0.25) is 0 Å². The molecule has 0 bridgehead atoms. The zero-order valence-corrected chi connectivity index (χ0v) is 14.1. The van der Waals surface area contributed by atoms with E-state index in [1.54, 1.807) is 0 Å². The van der Waals surface area contributed by atoms with Crippen LogP contribution in [0.4, 0.5) is 0 Å². The second-order valence-electron chi connectivity index (χ2n) is 5.41. The van der Waals surface area contributed by atoms with Gasteiger partial charge in [0.1, 0.15) is 6.04 Å². The Hall–Kier alpha value is -2.77. The van der Waals surface area contributed by atoms with Crippen molar-refractivity contribution in [3.8, 4) is 11.5 Å². The summed E-state index contributed by atoms with van der Waals surface area (Å²) in [5.74, 6) is -1.38. The summed E-state index contributed by atoms with van der Waals surface area (Å²) in [4.78, 5) is 34.4. The van der Waals surface area contributed by atoms with Gasteiger partial charge in [-0.25, -0.2) is 0 Å². The molecular weight excluding hydrogens is 316 g/mol. The minimum atomic E-state index is -1.13. The van der Waals surface area contributed by atoms with Crippen LogP contribution in [0.1, 0.15) is 31.1 Å². The Bertz CT molecular complexity index is 615. The van der Waals surface area contributed by atoms with Gasteiger partial charge < -0.3 is 25.2 Å². The summed E-state index contributed by atoms with van der Waals surface area (Å²) >= 11 is 0. The average molecular weight is 338 g/mol. The number of aliphatic carboxylic acids is 1. The standard InChI is InChI=1S/C16H22N2O6/c1-9(2)17-14(19)8-24-12-6-5-11(7-13(12)23-4)15(20)18-10(3)16(21)22/h5-7,9-10H,8H2,1-4H3,(H,17,19)(H,18,20)(H,21,22). The van der Waals surface area contributed by atoms with Crippen molar-refractivity contribution in [2.45, 2.75) is 32.9 Å². The Labute approximate surface area is 140 Å². The molecule has 1 aromatic carbocycles. The number of amides is 2. The van der Waals surface area contributed by atoms with E-state index in [2.05, 4.69) is 10.6 Å². The summed E-state index contributed by atoms with van der Waals surface area (Å²) in [6.45, 7) is 4.85. The summed E-state index contributed by atoms with van der Waals surface area (Å²) in [7, 11) is 1.40. The van der Waals surface area contributed by atoms with Crippen LogP contribution in [-0.4, -0.2) is 48.7 Å². The Morgan fingerprint density at radius 3 is 2.33 bits per heavy atom. The van der Waals surface area contributed by atoms with E-state index >= 15 is 0 Å². The second-order valence-corrected chi connectivity index (χ2v) is 5.41. The molecule has 1 rings (SSSR count). The van der Waals surface area contributed by atoms with Crippen molar-refractivity contribution in [3.63, 3.8) is 0 Å². The van der Waals surface area contributed by atoms with Crippen LogP contribution < -0.4 is 20.1 Å². The number of carbonyl (C=O) groups is 3. The molecule has 0 aliphatic carbocycles. The molecule has 0 saturated carbocycles. The van der Waals surface area contributed by atoms with Gasteiger partial charge >= 0.3 is 5.97 Å². The molecule has 0 aromatic heterocycles. The topological polar surface area (TPSA) is 114 Å². The van der Waals surface area contributed by atoms with Crippen molar-refractivity contribution >= 4 is 17.8 Å². The zero-order valence-electron chi connectivity index (χ0n) is 14.1. The molecule has 0 fully saturated rings. The highest BCUT2D eigenvalue weighted by atomic mass is 16.5. The fraction of sp³-hybridized carbons (Fsp3) is 0.438. The monoisotopic (exact) mass is 338 g/mol. The predicted octanol–water partition coefficient (Wildman–Crippen LogP) is 0.802. The minimum absolute atomic E-state index is 0.00490. The van der Waals surface area contributed by atoms with Gasteiger partial charge in [0.25, 0.3) is 11.8 Å². The van der Waals surface area contributed by atoms with Crippen molar-refractivity contribution in [1.82, 2.24) is 10.6 Å². The SMILES string of the molecule is COc1cc(C(=O)NC(C)C(=O)O)ccc1OCC(=O)NC(C)C. The normalized spacial score (nSPS) is 11.5. The lowest BCUT2D eigenvalue weighted by Gasteiger charge is -2.14. The smallest absolute Gasteiger partial charge is 0.325 e. The molecule has 24 heavy (non-hydrogen) atoms. The molecule has 0 saturated heterocycles. The number of carboxylic acid groups (broad SMARTS) is 1. The molecule has 132 valence electrons. The van der Waals surface area contributed by atoms with E-state index in [9.17, 15) is 14.4 Å². The highest BCUT2D eigenvalue weighted by Gasteiger charge is 2.17. The van der Waals surface area contributed by atoms with Crippen molar-refractivity contribution in [1.29, 1.82) is 0 Å². The first kappa shape index (κ1) is 19.3. The molecule has 0 spiro atoms. The Morgan fingerprint density at radius 2 is 1.79 bits per heavy atom. The van der Waals surface area contributed by atoms with E-state index in [4.69, 9.17) is 14.6 Å². The molecule has 0 radical (unpaired) electrons. The largest absolute Gasteiger partial charge is 0.493 e. The van der Waals surface area contributed by atoms with Gasteiger partial charge in [0.05, 0.1) is 7.11 Å². The van der Waals surface area contributed by atoms with Gasteiger partial charge in [0.15, 0.2) is 18.1 Å². The van der Waals surface area contributed by atoms with Crippen LogP contribution in [0.5, 0.6) is 11.5 Å². The van der Waals surface area contributed by atoms with Crippen LogP contribution in [0, 0.1) is 0 Å². The fourth-order valence-corrected chi connectivity index (χ4v) is 1.78. The van der Waals surface area contributed by atoms with Crippen molar-refractivity contribution < 1.29 is 29.0 Å². The molecule has 8 heteroatoms. The van der Waals surface area contributed by atoms with Gasteiger partial charge in [-0.15, -0.1) is 0 Å². The molecule has 1 atom stereocenters. The Balaban J connectivity index is 2.79. The summed E-state index contributed by atoms with van der Waals surface area (Å²) in [5.41, 5.74) is 0.221. The highest BCUT2D eigenvalue weighted by molar-refractivity contribution is 5.97. The molecular formula is C16H22N2O6. The average Bonchev–Trinajstić information content (AvgIpc) is 2.51. The zero-order chi connectivity index (χ0) is 18.3. The first-order valence-electron chi connectivity index (χ1n) is 7.38. The summed E-state index contributed by atoms with van der Waals surface area (Å²) in [6, 6.07) is 3.35. The Morgan fingerprint density at radius 1 is 1.12 bits per heavy atom. The summed E-state index contributed by atoms with van der Waals surface area (Å²) in [5, 5.41) is 13.8. The molecule has 2 amide bonds. The third-order valence-electron chi connectivity index (χ3n) is 2.95. The summed E-state index contributed by atoms with van der Waals surface area (Å²) < 4.78 is 10.5. The summed E-state index contributed by atoms with van der Waals surface area (Å²) in [6.07, 6.45) is 0. The molecule has 0 aliphatic heterocycles. The maximum absolute atomic E-state index is 12.0. The number of methoxy groups -OCH3 is 1. The van der Waals surface area contributed by atoms with E-state index in [0.717, 1.165) is 0 Å². The fourth-order valence-electron chi connectivity index (χ4n) is 1.78. The van der Waals surface area contributed by atoms with E-state index < -0.39 is 17.9 Å². The molecule has 1 unspecified atom stereocenters. The third kappa shape index (κ3) is 5.79. The van der Waals surface area contributed by atoms with Gasteiger partial charge in [-0.2, -0.15) is 0 Å². The van der Waals surface area contributed by atoms with Crippen molar-refractivity contribution in [3.05, 3.63) is 23.8 Å². The molecule has 1 aromatic rings.